The van der Waals surface area contributed by atoms with Crippen LogP contribution in [0.25, 0.3) is 10.9 Å². The van der Waals surface area contributed by atoms with Crippen molar-refractivity contribution in [3.63, 3.8) is 0 Å². The van der Waals surface area contributed by atoms with Crippen molar-refractivity contribution in [2.45, 2.75) is 12.6 Å². The van der Waals surface area contributed by atoms with Crippen LogP contribution in [0, 0.1) is 11.8 Å². The van der Waals surface area contributed by atoms with E-state index in [1.807, 2.05) is 0 Å². The predicted molar refractivity (Wildman–Crippen MR) is 120 cm³/mol. The number of ether oxygens (including phenoxy) is 1. The van der Waals surface area contributed by atoms with Gasteiger partial charge in [-0.15, -0.1) is 0 Å². The van der Waals surface area contributed by atoms with Gasteiger partial charge in [0.1, 0.15) is 0 Å². The zero-order chi connectivity index (χ0) is 20.0. The Balaban J connectivity index is 1.17. The van der Waals surface area contributed by atoms with Crippen LogP contribution in [0.4, 0.5) is 0 Å². The molecule has 1 saturated carbocycles. The number of likely N-dealkylation sites (tertiary alicyclic amines) is 1. The third kappa shape index (κ3) is 3.84. The molecule has 1 aromatic carbocycles. The van der Waals surface area contributed by atoms with Gasteiger partial charge in [-0.1, -0.05) is 6.07 Å². The van der Waals surface area contributed by atoms with Gasteiger partial charge in [0.15, 0.2) is 0 Å². The molecule has 0 bridgehead atoms. The fraction of sp³-hybridized carbons (Fsp3) is 0.381. The van der Waals surface area contributed by atoms with Crippen molar-refractivity contribution < 1.29 is 26.8 Å². The number of esters is 1. The number of carbonyl (C=O) groups is 1. The number of nitrogens with one attached hydrogen (secondary N) is 1. The van der Waals surface area contributed by atoms with Crippen molar-refractivity contribution >= 4 is 43.6 Å². The number of para-hydroxylation sites is 1. The second kappa shape index (κ2) is 8.20. The molecule has 1 aromatic heterocycles. The SMILES string of the molecule is COC(=O)C1=C[I-]I=C(N2CC3C(C2)C3NCc2cn(C)c3ccccc23)N=C1. The molecule has 1 aliphatic carbocycles. The van der Waals surface area contributed by atoms with Crippen LogP contribution in [0.5, 0.6) is 0 Å². The van der Waals surface area contributed by atoms with E-state index in [9.17, 15) is 4.79 Å². The number of benzene rings is 1. The van der Waals surface area contributed by atoms with E-state index in [-0.39, 0.29) is 40.0 Å². The van der Waals surface area contributed by atoms with E-state index in [0.717, 1.165) is 31.5 Å². The summed E-state index contributed by atoms with van der Waals surface area (Å²) < 4.78 is 10.4. The molecule has 1 saturated heterocycles. The zero-order valence-electron chi connectivity index (χ0n) is 16.3. The third-order valence-electron chi connectivity index (χ3n) is 5.96. The molecule has 1 N–H and O–H groups in total. The van der Waals surface area contributed by atoms with Crippen LogP contribution in [0.3, 0.4) is 0 Å². The molecule has 2 aliphatic heterocycles. The molecule has 2 atom stereocenters. The molecule has 0 spiro atoms. The molecule has 0 amide bonds. The molecular formula is C21H23I2N4O2-. The van der Waals surface area contributed by atoms with E-state index in [2.05, 4.69) is 61.4 Å². The fourth-order valence-corrected chi connectivity index (χ4v) is 12.6. The van der Waals surface area contributed by atoms with E-state index in [1.165, 1.54) is 27.3 Å². The van der Waals surface area contributed by atoms with Crippen molar-refractivity contribution in [2.24, 2.45) is 23.9 Å². The van der Waals surface area contributed by atoms with Gasteiger partial charge < -0.3 is 0 Å². The number of nitrogens with zero attached hydrogens (tertiary/aromatic N) is 3. The summed E-state index contributed by atoms with van der Waals surface area (Å²) in [6.45, 7) is 3.13. The molecule has 6 nitrogen and oxygen atoms in total. The first-order chi connectivity index (χ1) is 14.2. The van der Waals surface area contributed by atoms with Gasteiger partial charge in [-0.25, -0.2) is 0 Å². The number of carbonyl (C=O) groups excluding carboxylic acids is 1. The number of aryl methyl sites for hydroxylation is 1. The normalized spacial score (nSPS) is 26.6. The maximum absolute atomic E-state index is 11.7. The number of fused-ring (bicyclic) bond motifs is 2. The Bertz CT molecular complexity index is 1050. The molecule has 2 unspecified atom stereocenters. The summed E-state index contributed by atoms with van der Waals surface area (Å²) in [4.78, 5) is 18.9. The van der Waals surface area contributed by atoms with Gasteiger partial charge in [0.25, 0.3) is 0 Å². The van der Waals surface area contributed by atoms with E-state index in [0.29, 0.717) is 11.6 Å². The van der Waals surface area contributed by atoms with Crippen LogP contribution < -0.4 is 22.5 Å². The first-order valence-corrected chi connectivity index (χ1v) is 18.2. The van der Waals surface area contributed by atoms with Crippen LogP contribution >= 0.6 is 16.8 Å². The Kier molecular flexibility index (Phi) is 5.61. The second-order valence-corrected chi connectivity index (χ2v) is 16.0. The summed E-state index contributed by atoms with van der Waals surface area (Å²) in [6.07, 6.45) is 3.96. The number of piperidine rings is 1. The van der Waals surface area contributed by atoms with Crippen molar-refractivity contribution in [3.8, 4) is 0 Å². The number of aliphatic imine (C=N–C) groups is 1. The Morgan fingerprint density at radius 1 is 1.34 bits per heavy atom. The quantitative estimate of drug-likeness (QED) is 0.360. The van der Waals surface area contributed by atoms with Crippen molar-refractivity contribution in [1.29, 1.82) is 0 Å². The molecular weight excluding hydrogens is 594 g/mol. The Labute approximate surface area is 186 Å². The Hall–Kier alpha value is -1.11. The minimum absolute atomic E-state index is 0.0784. The number of hydrogen-bond donors (Lipinski definition) is 1. The molecule has 3 aliphatic rings. The molecule has 154 valence electrons. The Morgan fingerprint density at radius 2 is 2.14 bits per heavy atom. The van der Waals surface area contributed by atoms with E-state index in [1.54, 1.807) is 6.21 Å². The molecule has 5 rings (SSSR count). The van der Waals surface area contributed by atoms with Crippen molar-refractivity contribution in [1.82, 2.24) is 14.8 Å². The van der Waals surface area contributed by atoms with Gasteiger partial charge in [0.2, 0.25) is 0 Å². The van der Waals surface area contributed by atoms with Crippen molar-refractivity contribution in [3.05, 3.63) is 45.7 Å². The van der Waals surface area contributed by atoms with Crippen LogP contribution in [-0.2, 0) is 23.1 Å². The van der Waals surface area contributed by atoms with Gasteiger partial charge in [-0.05, 0) is 0 Å². The van der Waals surface area contributed by atoms with Gasteiger partial charge in [-0.3, -0.25) is 0 Å². The molecule has 2 fully saturated rings. The molecule has 8 heteroatoms. The molecule has 2 aromatic rings. The number of rotatable bonds is 5. The molecule has 0 radical (unpaired) electrons. The molecule has 29 heavy (non-hydrogen) atoms. The number of aromatic nitrogens is 1. The Morgan fingerprint density at radius 3 is 2.93 bits per heavy atom. The van der Waals surface area contributed by atoms with Gasteiger partial charge >= 0.3 is 181 Å². The number of halogens is 2. The topological polar surface area (TPSA) is 58.9 Å². The van der Waals surface area contributed by atoms with Crippen LogP contribution in [-0.4, -0.2) is 51.6 Å². The van der Waals surface area contributed by atoms with Gasteiger partial charge in [0.05, 0.1) is 0 Å². The number of hydrogen-bond acceptors (Lipinski definition) is 5. The third-order valence-corrected chi connectivity index (χ3v) is 14.0. The van der Waals surface area contributed by atoms with E-state index < -0.39 is 0 Å². The van der Waals surface area contributed by atoms with Crippen LogP contribution in [0.15, 0.2) is 45.1 Å². The predicted octanol–water partition coefficient (Wildman–Crippen LogP) is -0.598. The zero-order valence-corrected chi connectivity index (χ0v) is 20.6. The fourth-order valence-electron chi connectivity index (χ4n) is 4.39. The minimum atomic E-state index is -0.263. The standard InChI is InChI=1S/C21H23I2N4O2/c1-26-10-14(15-5-3-4-6-18(15)26)9-24-19-16-11-27(12-17(16)19)21-23-22-7-13(8-25-21)20(28)29-2/h3-8,10,16-17,19,24H,9,11-12H2,1-2H3/q-1. The van der Waals surface area contributed by atoms with E-state index >= 15 is 0 Å². The monoisotopic (exact) mass is 617 g/mol. The summed E-state index contributed by atoms with van der Waals surface area (Å²) >= 11 is -0.168. The summed E-state index contributed by atoms with van der Waals surface area (Å²) in [5.41, 5.74) is 3.31. The average Bonchev–Trinajstić information content (AvgIpc) is 3.16. The van der Waals surface area contributed by atoms with Gasteiger partial charge in [0, 0.05) is 0 Å². The summed E-state index contributed by atoms with van der Waals surface area (Å²) in [6, 6.07) is 9.23. The summed E-state index contributed by atoms with van der Waals surface area (Å²) in [7, 11) is 3.55. The van der Waals surface area contributed by atoms with E-state index in [4.69, 9.17) is 4.74 Å². The van der Waals surface area contributed by atoms with Gasteiger partial charge in [-0.2, -0.15) is 0 Å². The average molecular weight is 617 g/mol. The van der Waals surface area contributed by atoms with Crippen LogP contribution in [0.1, 0.15) is 5.56 Å². The second-order valence-electron chi connectivity index (χ2n) is 7.66. The van der Waals surface area contributed by atoms with Crippen molar-refractivity contribution in [2.75, 3.05) is 20.2 Å². The first-order valence-electron chi connectivity index (χ1n) is 9.64. The summed E-state index contributed by atoms with van der Waals surface area (Å²) in [5, 5.41) is 5.15. The first kappa shape index (κ1) is 19.8. The molecule has 3 heterocycles. The number of methoxy groups -OCH3 is 1. The summed E-state index contributed by atoms with van der Waals surface area (Å²) in [5.74, 6) is 1.19. The van der Waals surface area contributed by atoms with Crippen LogP contribution in [0.2, 0.25) is 0 Å². The maximum atomic E-state index is 11.7.